The van der Waals surface area contributed by atoms with Crippen molar-refractivity contribution in [3.05, 3.63) is 0 Å². The highest BCUT2D eigenvalue weighted by Crippen LogP contribution is 2.37. The summed E-state index contributed by atoms with van der Waals surface area (Å²) in [4.78, 5) is 11.2. The zero-order chi connectivity index (χ0) is 15.8. The molecule has 0 spiro atoms. The van der Waals surface area contributed by atoms with Crippen molar-refractivity contribution in [1.29, 1.82) is 0 Å². The highest BCUT2D eigenvalue weighted by atomic mass is 28.4. The molecule has 0 aromatic carbocycles. The van der Waals surface area contributed by atoms with Crippen LogP contribution in [0.5, 0.6) is 0 Å². The second kappa shape index (κ2) is 5.75. The van der Waals surface area contributed by atoms with Gasteiger partial charge in [-0.25, -0.2) is 4.79 Å². The Morgan fingerprint density at radius 1 is 1.30 bits per heavy atom. The Bertz CT molecular complexity index is 359. The van der Waals surface area contributed by atoms with Crippen molar-refractivity contribution in [2.45, 2.75) is 77.2 Å². The maximum absolute atomic E-state index is 11.2. The minimum Gasteiger partial charge on any atom is -0.479 e. The number of ether oxygens (including phenoxy) is 2. The van der Waals surface area contributed by atoms with Crippen LogP contribution in [0.4, 0.5) is 0 Å². The average molecular weight is 304 g/mol. The summed E-state index contributed by atoms with van der Waals surface area (Å²) in [6, 6.07) is 0. The van der Waals surface area contributed by atoms with Gasteiger partial charge in [0.15, 0.2) is 20.2 Å². The molecule has 0 saturated carbocycles. The van der Waals surface area contributed by atoms with E-state index in [4.69, 9.17) is 19.0 Å². The van der Waals surface area contributed by atoms with E-state index < -0.39 is 32.3 Å². The van der Waals surface area contributed by atoms with Crippen LogP contribution in [0.15, 0.2) is 0 Å². The number of carboxylic acids is 1. The first-order valence-corrected chi connectivity index (χ1v) is 9.99. The zero-order valence-electron chi connectivity index (χ0n) is 13.6. The van der Waals surface area contributed by atoms with E-state index in [0.29, 0.717) is 13.0 Å². The number of rotatable bonds is 5. The molecule has 0 aliphatic carbocycles. The highest BCUT2D eigenvalue weighted by Gasteiger charge is 2.45. The molecule has 0 amide bonds. The summed E-state index contributed by atoms with van der Waals surface area (Å²) in [6.07, 6.45) is -0.826. The predicted molar refractivity (Wildman–Crippen MR) is 79.2 cm³/mol. The molecule has 0 aromatic rings. The van der Waals surface area contributed by atoms with Crippen molar-refractivity contribution in [3.63, 3.8) is 0 Å². The third-order valence-electron chi connectivity index (χ3n) is 4.10. The van der Waals surface area contributed by atoms with Gasteiger partial charge in [-0.05, 0) is 38.4 Å². The number of hydrogen-bond acceptors (Lipinski definition) is 4. The van der Waals surface area contributed by atoms with Crippen LogP contribution in [0.3, 0.4) is 0 Å². The van der Waals surface area contributed by atoms with Crippen LogP contribution < -0.4 is 0 Å². The molecule has 1 saturated heterocycles. The first kappa shape index (κ1) is 17.6. The minimum absolute atomic E-state index is 0.144. The van der Waals surface area contributed by atoms with E-state index in [1.54, 1.807) is 13.8 Å². The summed E-state index contributed by atoms with van der Waals surface area (Å²) in [5.74, 6) is -1.82. The van der Waals surface area contributed by atoms with Crippen LogP contribution >= 0.6 is 0 Å². The quantitative estimate of drug-likeness (QED) is 0.791. The highest BCUT2D eigenvalue weighted by molar-refractivity contribution is 6.74. The number of carboxylic acid groups (broad SMARTS) is 1. The fraction of sp³-hybridized carbons (Fsp3) is 0.929. The number of aliphatic carboxylic acids is 1. The van der Waals surface area contributed by atoms with Crippen molar-refractivity contribution >= 4 is 14.3 Å². The van der Waals surface area contributed by atoms with Crippen molar-refractivity contribution in [2.75, 3.05) is 6.61 Å². The topological polar surface area (TPSA) is 65.0 Å². The molecule has 0 radical (unpaired) electrons. The van der Waals surface area contributed by atoms with Crippen LogP contribution in [-0.4, -0.2) is 44.0 Å². The molecule has 1 N–H and O–H groups in total. The van der Waals surface area contributed by atoms with Crippen molar-refractivity contribution < 1.29 is 23.8 Å². The second-order valence-corrected chi connectivity index (χ2v) is 12.1. The third kappa shape index (κ3) is 4.28. The van der Waals surface area contributed by atoms with E-state index in [2.05, 4.69) is 33.9 Å². The van der Waals surface area contributed by atoms with Gasteiger partial charge >= 0.3 is 5.97 Å². The molecule has 20 heavy (non-hydrogen) atoms. The fourth-order valence-corrected chi connectivity index (χ4v) is 2.96. The van der Waals surface area contributed by atoms with Gasteiger partial charge in [0.05, 0.1) is 0 Å². The van der Waals surface area contributed by atoms with Crippen molar-refractivity contribution in [1.82, 2.24) is 0 Å². The van der Waals surface area contributed by atoms with E-state index in [9.17, 15) is 4.79 Å². The molecule has 2 unspecified atom stereocenters. The molecule has 6 heteroatoms. The summed E-state index contributed by atoms with van der Waals surface area (Å²) < 4.78 is 17.1. The van der Waals surface area contributed by atoms with E-state index in [1.807, 2.05) is 0 Å². The summed E-state index contributed by atoms with van der Waals surface area (Å²) in [5.41, 5.74) is 0. The molecular weight excluding hydrogens is 276 g/mol. The standard InChI is InChI=1S/C14H28O5Si/c1-13(2,3)20(6,7)17-9-8-10-11(12(15)16)19-14(4,5)18-10/h10-11H,8-9H2,1-7H3,(H,15,16). The van der Waals surface area contributed by atoms with Gasteiger partial charge in [0.2, 0.25) is 0 Å². The Morgan fingerprint density at radius 3 is 2.30 bits per heavy atom. The zero-order valence-corrected chi connectivity index (χ0v) is 14.6. The van der Waals surface area contributed by atoms with E-state index >= 15 is 0 Å². The lowest BCUT2D eigenvalue weighted by molar-refractivity contribution is -0.165. The van der Waals surface area contributed by atoms with Crippen LogP contribution in [0.25, 0.3) is 0 Å². The molecule has 118 valence electrons. The molecule has 1 aliphatic heterocycles. The largest absolute Gasteiger partial charge is 0.479 e. The summed E-state index contributed by atoms with van der Waals surface area (Å²) in [5, 5.41) is 9.31. The van der Waals surface area contributed by atoms with E-state index in [1.165, 1.54) is 0 Å². The van der Waals surface area contributed by atoms with Crippen LogP contribution in [-0.2, 0) is 18.7 Å². The van der Waals surface area contributed by atoms with Gasteiger partial charge in [0.25, 0.3) is 0 Å². The average Bonchev–Trinajstić information content (AvgIpc) is 2.52. The van der Waals surface area contributed by atoms with Crippen LogP contribution in [0.2, 0.25) is 18.1 Å². The van der Waals surface area contributed by atoms with E-state index in [0.717, 1.165) is 0 Å². The van der Waals surface area contributed by atoms with Gasteiger partial charge in [-0.2, -0.15) is 0 Å². The normalized spacial score (nSPS) is 26.8. The molecule has 2 atom stereocenters. The molecule has 5 nitrogen and oxygen atoms in total. The third-order valence-corrected chi connectivity index (χ3v) is 8.64. The fourth-order valence-electron chi connectivity index (χ4n) is 1.90. The van der Waals surface area contributed by atoms with Gasteiger partial charge in [-0.1, -0.05) is 20.8 Å². The monoisotopic (exact) mass is 304 g/mol. The van der Waals surface area contributed by atoms with E-state index in [-0.39, 0.29) is 5.04 Å². The first-order chi connectivity index (χ1) is 8.86. The van der Waals surface area contributed by atoms with Gasteiger partial charge in [0, 0.05) is 6.61 Å². The van der Waals surface area contributed by atoms with Crippen molar-refractivity contribution in [3.8, 4) is 0 Å². The molecule has 1 fully saturated rings. The van der Waals surface area contributed by atoms with Crippen LogP contribution in [0, 0.1) is 0 Å². The summed E-state index contributed by atoms with van der Waals surface area (Å²) >= 11 is 0. The first-order valence-electron chi connectivity index (χ1n) is 7.08. The lowest BCUT2D eigenvalue weighted by Crippen LogP contribution is -2.42. The maximum Gasteiger partial charge on any atom is 0.335 e. The summed E-state index contributed by atoms with van der Waals surface area (Å²) in [7, 11) is -1.81. The molecule has 1 heterocycles. The van der Waals surface area contributed by atoms with Gasteiger partial charge in [-0.15, -0.1) is 0 Å². The Balaban J connectivity index is 2.55. The Hall–Kier alpha value is -0.433. The molecular formula is C14H28O5Si. The van der Waals surface area contributed by atoms with Crippen molar-refractivity contribution in [2.24, 2.45) is 0 Å². The smallest absolute Gasteiger partial charge is 0.335 e. The molecule has 0 aromatic heterocycles. The summed E-state index contributed by atoms with van der Waals surface area (Å²) in [6.45, 7) is 14.9. The lowest BCUT2D eigenvalue weighted by Gasteiger charge is -2.36. The molecule has 0 bridgehead atoms. The molecule has 1 rings (SSSR count). The second-order valence-electron chi connectivity index (χ2n) is 7.33. The predicted octanol–water partition coefficient (Wildman–Crippen LogP) is 3.00. The molecule has 1 aliphatic rings. The Kier molecular flexibility index (Phi) is 5.07. The maximum atomic E-state index is 11.2. The van der Waals surface area contributed by atoms with Crippen LogP contribution in [0.1, 0.15) is 41.0 Å². The SMILES string of the molecule is CC1(C)OC(CCO[Si](C)(C)C(C)(C)C)C(C(=O)O)O1. The Labute approximate surface area is 122 Å². The van der Waals surface area contributed by atoms with Gasteiger partial charge in [0.1, 0.15) is 6.10 Å². The van der Waals surface area contributed by atoms with Gasteiger partial charge < -0.3 is 19.0 Å². The number of carbonyl (C=O) groups is 1. The lowest BCUT2D eigenvalue weighted by atomic mass is 10.1. The minimum atomic E-state index is -1.81. The number of hydrogen-bond donors (Lipinski definition) is 1. The van der Waals surface area contributed by atoms with Gasteiger partial charge in [-0.3, -0.25) is 0 Å². The Morgan fingerprint density at radius 2 is 1.85 bits per heavy atom.